The summed E-state index contributed by atoms with van der Waals surface area (Å²) in [5.74, 6) is 0.0723. The summed E-state index contributed by atoms with van der Waals surface area (Å²) in [5.41, 5.74) is 7.81. The number of hydrogen-bond acceptors (Lipinski definition) is 3. The van der Waals surface area contributed by atoms with Crippen LogP contribution in [-0.2, 0) is 9.53 Å². The highest BCUT2D eigenvalue weighted by Gasteiger charge is 2.28. The van der Waals surface area contributed by atoms with Crippen molar-refractivity contribution in [3.63, 3.8) is 0 Å². The largest absolute Gasteiger partial charge is 0.371 e. The van der Waals surface area contributed by atoms with Crippen molar-refractivity contribution < 1.29 is 9.53 Å². The Hall–Kier alpha value is -1.39. The Balaban J connectivity index is 2.01. The van der Waals surface area contributed by atoms with Gasteiger partial charge in [0.05, 0.1) is 6.04 Å². The molecule has 1 aromatic rings. The number of carbonyl (C=O) groups is 1. The van der Waals surface area contributed by atoms with Crippen LogP contribution in [0, 0.1) is 6.92 Å². The van der Waals surface area contributed by atoms with E-state index in [1.165, 1.54) is 5.56 Å². The van der Waals surface area contributed by atoms with Crippen LogP contribution >= 0.6 is 0 Å². The van der Waals surface area contributed by atoms with Gasteiger partial charge < -0.3 is 15.8 Å². The van der Waals surface area contributed by atoms with E-state index in [-0.39, 0.29) is 18.1 Å². The van der Waals surface area contributed by atoms with Crippen molar-refractivity contribution in [1.29, 1.82) is 0 Å². The van der Waals surface area contributed by atoms with Gasteiger partial charge in [-0.2, -0.15) is 0 Å². The van der Waals surface area contributed by atoms with E-state index >= 15 is 0 Å². The fraction of sp³-hybridized carbons (Fsp3) is 0.562. The van der Waals surface area contributed by atoms with Gasteiger partial charge in [0.1, 0.15) is 6.10 Å². The molecule has 2 unspecified atom stereocenters. The Morgan fingerprint density at radius 1 is 1.40 bits per heavy atom. The first-order chi connectivity index (χ1) is 9.70. The van der Waals surface area contributed by atoms with E-state index in [2.05, 4.69) is 36.5 Å². The summed E-state index contributed by atoms with van der Waals surface area (Å²) in [7, 11) is 0. The smallest absolute Gasteiger partial charge is 0.220 e. The van der Waals surface area contributed by atoms with Crippen LogP contribution < -0.4 is 11.1 Å². The van der Waals surface area contributed by atoms with Gasteiger partial charge in [0.2, 0.25) is 5.91 Å². The summed E-state index contributed by atoms with van der Waals surface area (Å²) < 4.78 is 5.88. The molecule has 1 aliphatic heterocycles. The molecular formula is C16H24N2O2. The molecule has 0 spiro atoms. The molecule has 2 rings (SSSR count). The van der Waals surface area contributed by atoms with Crippen molar-refractivity contribution in [2.24, 2.45) is 5.73 Å². The zero-order valence-electron chi connectivity index (χ0n) is 12.1. The number of benzene rings is 1. The van der Waals surface area contributed by atoms with Crippen LogP contribution in [0.2, 0.25) is 0 Å². The van der Waals surface area contributed by atoms with E-state index in [1.54, 1.807) is 0 Å². The third-order valence-electron chi connectivity index (χ3n) is 3.68. The number of amides is 1. The van der Waals surface area contributed by atoms with Crippen LogP contribution in [0.15, 0.2) is 24.3 Å². The maximum Gasteiger partial charge on any atom is 0.220 e. The van der Waals surface area contributed by atoms with Crippen LogP contribution in [0.3, 0.4) is 0 Å². The predicted octanol–water partition coefficient (Wildman–Crippen LogP) is 2.07. The highest BCUT2D eigenvalue weighted by Crippen LogP contribution is 2.28. The lowest BCUT2D eigenvalue weighted by molar-refractivity contribution is -0.124. The first kappa shape index (κ1) is 15.0. The lowest BCUT2D eigenvalue weighted by atomic mass is 9.95. The molecule has 1 aliphatic rings. The molecular weight excluding hydrogens is 252 g/mol. The molecule has 0 aromatic heterocycles. The SMILES string of the molecule is Cc1ccc(C2OCCCC2NC(=O)CCCN)cc1. The van der Waals surface area contributed by atoms with Crippen molar-refractivity contribution in [2.45, 2.75) is 44.8 Å². The van der Waals surface area contributed by atoms with E-state index in [9.17, 15) is 4.79 Å². The zero-order valence-corrected chi connectivity index (χ0v) is 12.1. The molecule has 20 heavy (non-hydrogen) atoms. The summed E-state index contributed by atoms with van der Waals surface area (Å²) >= 11 is 0. The molecule has 1 heterocycles. The predicted molar refractivity (Wildman–Crippen MR) is 79.3 cm³/mol. The lowest BCUT2D eigenvalue weighted by Gasteiger charge is -2.32. The molecule has 0 aliphatic carbocycles. The standard InChI is InChI=1S/C16H24N2O2/c1-12-6-8-13(9-7-12)16-14(4-3-11-20-16)18-15(19)5-2-10-17/h6-9,14,16H,2-5,10-11,17H2,1H3,(H,18,19). The Bertz CT molecular complexity index is 431. The first-order valence-corrected chi connectivity index (χ1v) is 7.38. The fourth-order valence-corrected chi connectivity index (χ4v) is 2.56. The van der Waals surface area contributed by atoms with Crippen LogP contribution in [0.25, 0.3) is 0 Å². The highest BCUT2D eigenvalue weighted by atomic mass is 16.5. The van der Waals surface area contributed by atoms with Gasteiger partial charge in [0, 0.05) is 13.0 Å². The monoisotopic (exact) mass is 276 g/mol. The van der Waals surface area contributed by atoms with Gasteiger partial charge in [-0.1, -0.05) is 29.8 Å². The van der Waals surface area contributed by atoms with Gasteiger partial charge >= 0.3 is 0 Å². The van der Waals surface area contributed by atoms with Crippen LogP contribution in [0.5, 0.6) is 0 Å². The Labute approximate surface area is 120 Å². The molecule has 1 fully saturated rings. The summed E-state index contributed by atoms with van der Waals surface area (Å²) in [4.78, 5) is 11.9. The number of rotatable bonds is 5. The van der Waals surface area contributed by atoms with Gasteiger partial charge in [-0.3, -0.25) is 4.79 Å². The van der Waals surface area contributed by atoms with Crippen LogP contribution in [0.4, 0.5) is 0 Å². The first-order valence-electron chi connectivity index (χ1n) is 7.38. The molecule has 2 atom stereocenters. The second kappa shape index (κ2) is 7.41. The third kappa shape index (κ3) is 4.05. The second-order valence-electron chi connectivity index (χ2n) is 5.41. The number of nitrogens with one attached hydrogen (secondary N) is 1. The molecule has 0 bridgehead atoms. The average molecular weight is 276 g/mol. The Kier molecular flexibility index (Phi) is 5.56. The fourth-order valence-electron chi connectivity index (χ4n) is 2.56. The average Bonchev–Trinajstić information content (AvgIpc) is 2.47. The van der Waals surface area contributed by atoms with E-state index in [4.69, 9.17) is 10.5 Å². The number of ether oxygens (including phenoxy) is 1. The minimum Gasteiger partial charge on any atom is -0.371 e. The molecule has 110 valence electrons. The van der Waals surface area contributed by atoms with Gasteiger partial charge in [0.15, 0.2) is 0 Å². The van der Waals surface area contributed by atoms with Crippen molar-refractivity contribution in [1.82, 2.24) is 5.32 Å². The summed E-state index contributed by atoms with van der Waals surface area (Å²) in [6, 6.07) is 8.41. The van der Waals surface area contributed by atoms with Crippen LogP contribution in [-0.4, -0.2) is 25.1 Å². The van der Waals surface area contributed by atoms with Gasteiger partial charge in [0.25, 0.3) is 0 Å². The molecule has 0 saturated carbocycles. The normalized spacial score (nSPS) is 22.5. The Morgan fingerprint density at radius 2 is 2.15 bits per heavy atom. The quantitative estimate of drug-likeness (QED) is 0.865. The summed E-state index contributed by atoms with van der Waals surface area (Å²) in [5, 5.41) is 3.10. The van der Waals surface area contributed by atoms with Gasteiger partial charge in [-0.15, -0.1) is 0 Å². The lowest BCUT2D eigenvalue weighted by Crippen LogP contribution is -2.42. The van der Waals surface area contributed by atoms with Gasteiger partial charge in [-0.05, 0) is 38.3 Å². The van der Waals surface area contributed by atoms with E-state index < -0.39 is 0 Å². The van der Waals surface area contributed by atoms with Crippen molar-refractivity contribution >= 4 is 5.91 Å². The molecule has 0 radical (unpaired) electrons. The van der Waals surface area contributed by atoms with Gasteiger partial charge in [-0.25, -0.2) is 0 Å². The summed E-state index contributed by atoms with van der Waals surface area (Å²) in [6.07, 6.45) is 3.14. The number of aryl methyl sites for hydroxylation is 1. The summed E-state index contributed by atoms with van der Waals surface area (Å²) in [6.45, 7) is 3.38. The van der Waals surface area contributed by atoms with Crippen molar-refractivity contribution in [3.8, 4) is 0 Å². The van der Waals surface area contributed by atoms with Crippen molar-refractivity contribution in [3.05, 3.63) is 35.4 Å². The van der Waals surface area contributed by atoms with Crippen LogP contribution in [0.1, 0.15) is 42.9 Å². The number of carbonyl (C=O) groups excluding carboxylic acids is 1. The van der Waals surface area contributed by atoms with E-state index in [1.807, 2.05) is 0 Å². The van der Waals surface area contributed by atoms with E-state index in [0.29, 0.717) is 13.0 Å². The molecule has 4 nitrogen and oxygen atoms in total. The molecule has 1 aromatic carbocycles. The minimum atomic E-state index is -0.0359. The van der Waals surface area contributed by atoms with E-state index in [0.717, 1.165) is 31.4 Å². The number of nitrogens with two attached hydrogens (primary N) is 1. The third-order valence-corrected chi connectivity index (χ3v) is 3.68. The zero-order chi connectivity index (χ0) is 14.4. The minimum absolute atomic E-state index is 0.0359. The highest BCUT2D eigenvalue weighted by molar-refractivity contribution is 5.76. The number of hydrogen-bond donors (Lipinski definition) is 2. The topological polar surface area (TPSA) is 64.3 Å². The molecule has 4 heteroatoms. The molecule has 1 amide bonds. The maximum absolute atomic E-state index is 11.9. The molecule has 3 N–H and O–H groups in total. The van der Waals surface area contributed by atoms with Crippen molar-refractivity contribution in [2.75, 3.05) is 13.2 Å². The molecule has 1 saturated heterocycles. The maximum atomic E-state index is 11.9. The second-order valence-corrected chi connectivity index (χ2v) is 5.41. The Morgan fingerprint density at radius 3 is 2.85 bits per heavy atom.